The van der Waals surface area contributed by atoms with E-state index < -0.39 is 10.8 Å². The summed E-state index contributed by atoms with van der Waals surface area (Å²) < 4.78 is 0. The van der Waals surface area contributed by atoms with Crippen molar-refractivity contribution in [3.05, 3.63) is 404 Å². The van der Waals surface area contributed by atoms with E-state index in [4.69, 9.17) is 0 Å². The third kappa shape index (κ3) is 17.7. The second-order valence-electron chi connectivity index (χ2n) is 25.0. The van der Waals surface area contributed by atoms with Crippen LogP contribution >= 0.6 is 0 Å². The van der Waals surface area contributed by atoms with Crippen molar-refractivity contribution in [2.24, 2.45) is 0 Å². The summed E-state index contributed by atoms with van der Waals surface area (Å²) in [6.07, 6.45) is 0. The average molecular weight is 1430 g/mol. The molecular weight excluding hydrogens is 1290 g/mol. The van der Waals surface area contributed by atoms with Gasteiger partial charge in [0.25, 0.3) is 0 Å². The number of rotatable bonds is 9. The molecular formula is C104H133N3. The van der Waals surface area contributed by atoms with Crippen molar-refractivity contribution in [3.8, 4) is 22.3 Å². The van der Waals surface area contributed by atoms with E-state index in [0.717, 1.165) is 19.6 Å². The van der Waals surface area contributed by atoms with Gasteiger partial charge in [0.1, 0.15) is 0 Å². The van der Waals surface area contributed by atoms with E-state index in [0.29, 0.717) is 0 Å². The predicted molar refractivity (Wildman–Crippen MR) is 475 cm³/mol. The maximum absolute atomic E-state index is 2.39. The molecule has 12 aromatic rings. The minimum Gasteiger partial charge on any atom is -0.310 e. The van der Waals surface area contributed by atoms with E-state index in [-0.39, 0.29) is 10.8 Å². The molecule has 16 rings (SSSR count). The Morgan fingerprint density at radius 3 is 0.523 bits per heavy atom. The Balaban J connectivity index is 0.000000330. The van der Waals surface area contributed by atoms with Crippen molar-refractivity contribution < 1.29 is 0 Å². The van der Waals surface area contributed by atoms with E-state index >= 15 is 0 Å². The molecule has 3 nitrogen and oxygen atoms in total. The molecule has 107 heavy (non-hydrogen) atoms. The summed E-state index contributed by atoms with van der Waals surface area (Å²) in [5, 5.41) is 0. The molecule has 564 valence electrons. The highest BCUT2D eigenvalue weighted by atomic mass is 15.0. The summed E-state index contributed by atoms with van der Waals surface area (Å²) >= 11 is 0. The maximum Gasteiger partial charge on any atom is 0.0720 e. The van der Waals surface area contributed by atoms with Crippen LogP contribution in [0.1, 0.15) is 221 Å². The average Bonchev–Trinajstić information content (AvgIpc) is 1.57. The molecule has 0 aromatic heterocycles. The van der Waals surface area contributed by atoms with Crippen LogP contribution in [0.3, 0.4) is 0 Å². The molecule has 0 spiro atoms. The fourth-order valence-corrected chi connectivity index (χ4v) is 15.1. The summed E-state index contributed by atoms with van der Waals surface area (Å²) in [5.41, 5.74) is 25.3. The molecule has 0 saturated heterocycles. The number of fused-ring (bicyclic) bond motifs is 10. The zero-order valence-corrected chi connectivity index (χ0v) is 70.5. The fraction of sp³-hybridized carbons (Fsp3) is 0.308. The smallest absolute Gasteiger partial charge is 0.0720 e. The first kappa shape index (κ1) is 89.9. The van der Waals surface area contributed by atoms with Gasteiger partial charge in [0.2, 0.25) is 0 Å². The lowest BCUT2D eigenvalue weighted by Gasteiger charge is -2.49. The first-order chi connectivity index (χ1) is 52.6. The monoisotopic (exact) mass is 1420 g/mol. The lowest BCUT2D eigenvalue weighted by Crippen LogP contribution is -2.44. The van der Waals surface area contributed by atoms with Gasteiger partial charge in [-0.25, -0.2) is 0 Å². The molecule has 0 heterocycles. The van der Waals surface area contributed by atoms with E-state index in [2.05, 4.69) is 393 Å². The Labute approximate surface area is 652 Å². The third-order valence-corrected chi connectivity index (χ3v) is 19.5. The van der Waals surface area contributed by atoms with Gasteiger partial charge in [-0.1, -0.05) is 447 Å². The molecule has 4 aliphatic carbocycles. The summed E-state index contributed by atoms with van der Waals surface area (Å²) in [6, 6.07) is 117. The molecule has 0 bridgehead atoms. The van der Waals surface area contributed by atoms with Gasteiger partial charge in [0, 0.05) is 0 Å². The molecule has 0 aliphatic heterocycles. The van der Waals surface area contributed by atoms with Gasteiger partial charge in [0.05, 0.1) is 21.7 Å². The molecule has 12 aromatic carbocycles. The molecule has 2 atom stereocenters. The Bertz CT molecular complexity index is 3990. The van der Waals surface area contributed by atoms with Gasteiger partial charge in [0.15, 0.2) is 0 Å². The number of benzene rings is 12. The summed E-state index contributed by atoms with van der Waals surface area (Å²) in [6.45, 7) is 41.8. The van der Waals surface area contributed by atoms with Crippen molar-refractivity contribution in [1.29, 1.82) is 0 Å². The van der Waals surface area contributed by atoms with E-state index in [1.807, 2.05) is 111 Å². The topological polar surface area (TPSA) is 9.72 Å². The molecule has 0 N–H and O–H groups in total. The number of hydrogen-bond donors (Lipinski definition) is 0. The zero-order valence-electron chi connectivity index (χ0n) is 70.5. The Morgan fingerprint density at radius 2 is 0.318 bits per heavy atom. The maximum atomic E-state index is 2.39. The van der Waals surface area contributed by atoms with Crippen LogP contribution in [0.2, 0.25) is 0 Å². The second-order valence-corrected chi connectivity index (χ2v) is 25.0. The largest absolute Gasteiger partial charge is 0.310 e. The van der Waals surface area contributed by atoms with E-state index in [1.165, 1.54) is 111 Å². The van der Waals surface area contributed by atoms with Crippen LogP contribution in [0.4, 0.5) is 0 Å². The molecule has 4 aliphatic rings. The lowest BCUT2D eigenvalue weighted by molar-refractivity contribution is 0.434. The van der Waals surface area contributed by atoms with Crippen molar-refractivity contribution in [1.82, 2.24) is 14.7 Å². The standard InChI is InChI=1S/2C38H26.3C4H11N.8C2H6/c2*1-4-15-27(16-5-1)37(28-17-6-2-7-18-28)33-24-12-13-25-34(33)38(29-19-8-3-9-20-29)32-23-11-10-21-30(32)31-22-14-26-35(37)36(31)38;3*1-4-5(2)3;8*1-2/h2*1-26H;3*4H2,1-3H3;8*1-2H3. The Kier molecular flexibility index (Phi) is 38.6. The van der Waals surface area contributed by atoms with E-state index in [9.17, 15) is 0 Å². The zero-order chi connectivity index (χ0) is 79.2. The van der Waals surface area contributed by atoms with Crippen LogP contribution in [-0.2, 0) is 21.7 Å². The van der Waals surface area contributed by atoms with Gasteiger partial charge in [-0.05, 0) is 173 Å². The van der Waals surface area contributed by atoms with Crippen molar-refractivity contribution in [3.63, 3.8) is 0 Å². The van der Waals surface area contributed by atoms with Gasteiger partial charge < -0.3 is 14.7 Å². The molecule has 2 unspecified atom stereocenters. The molecule has 0 amide bonds. The van der Waals surface area contributed by atoms with Gasteiger partial charge in [-0.3, -0.25) is 0 Å². The van der Waals surface area contributed by atoms with Gasteiger partial charge >= 0.3 is 0 Å². The normalized spacial score (nSPS) is 14.4. The first-order valence-corrected chi connectivity index (χ1v) is 40.5. The molecule has 0 radical (unpaired) electrons. The van der Waals surface area contributed by atoms with Crippen LogP contribution in [0, 0.1) is 0 Å². The van der Waals surface area contributed by atoms with Crippen LogP contribution in [-0.4, -0.2) is 76.6 Å². The molecule has 0 fully saturated rings. The Morgan fingerprint density at radius 1 is 0.168 bits per heavy atom. The van der Waals surface area contributed by atoms with E-state index in [1.54, 1.807) is 0 Å². The minimum atomic E-state index is -0.440. The second kappa shape index (κ2) is 45.9. The third-order valence-electron chi connectivity index (χ3n) is 19.5. The van der Waals surface area contributed by atoms with Crippen molar-refractivity contribution in [2.45, 2.75) is 153 Å². The fourth-order valence-electron chi connectivity index (χ4n) is 15.1. The predicted octanol–water partition coefficient (Wildman–Crippen LogP) is 27.4. The lowest BCUT2D eigenvalue weighted by atomic mass is 9.52. The highest BCUT2D eigenvalue weighted by Gasteiger charge is 2.59. The highest BCUT2D eigenvalue weighted by molar-refractivity contribution is 5.93. The van der Waals surface area contributed by atoms with Crippen LogP contribution in [0.15, 0.2) is 315 Å². The van der Waals surface area contributed by atoms with Crippen LogP contribution in [0.25, 0.3) is 22.3 Å². The minimum absolute atomic E-state index is 0.382. The van der Waals surface area contributed by atoms with Gasteiger partial charge in [-0.2, -0.15) is 0 Å². The number of nitrogens with zero attached hydrogens (tertiary/aromatic N) is 3. The summed E-state index contributed by atoms with van der Waals surface area (Å²) in [7, 11) is 12.3. The SMILES string of the molecule is CC.CC.CC.CC.CC.CC.CC.CC.CCN(C)C.CCN(C)C.CCN(C)C.c1ccc(C2(c3ccccc3)c3ccccc3C3(c4ccccc4)c4ccccc4-c4cccc2c43)cc1.c1ccc(C2(c3ccccc3)c3ccccc3C3(c4ccccc4)c4ccccc4-c4cccc2c43)cc1. The summed E-state index contributed by atoms with van der Waals surface area (Å²) in [4.78, 5) is 6.38. The van der Waals surface area contributed by atoms with Crippen LogP contribution in [0.5, 0.6) is 0 Å². The highest BCUT2D eigenvalue weighted by Crippen LogP contribution is 2.67. The quantitative estimate of drug-likeness (QED) is 0.143. The Hall–Kier alpha value is -9.48. The van der Waals surface area contributed by atoms with Crippen molar-refractivity contribution in [2.75, 3.05) is 61.9 Å². The van der Waals surface area contributed by atoms with Gasteiger partial charge in [-0.15, -0.1) is 0 Å². The van der Waals surface area contributed by atoms with Crippen molar-refractivity contribution >= 4 is 0 Å². The van der Waals surface area contributed by atoms with Crippen LogP contribution < -0.4 is 0 Å². The first-order valence-electron chi connectivity index (χ1n) is 40.5. The molecule has 0 saturated carbocycles. The molecule has 3 heteroatoms. The summed E-state index contributed by atoms with van der Waals surface area (Å²) in [5.74, 6) is 0. The number of hydrogen-bond acceptors (Lipinski definition) is 3.